The SMILES string of the molecule is Cl.Cn1ccnc1C1CNCCN1CC(=O)Nc1ccc(Br)cc1F. The number of nitrogens with zero attached hydrogens (tertiary/aromatic N) is 3. The topological polar surface area (TPSA) is 62.2 Å². The van der Waals surface area contributed by atoms with E-state index in [1.165, 1.54) is 6.07 Å². The van der Waals surface area contributed by atoms with Crippen LogP contribution in [0.5, 0.6) is 0 Å². The summed E-state index contributed by atoms with van der Waals surface area (Å²) in [6.45, 7) is 2.45. The lowest BCUT2D eigenvalue weighted by Crippen LogP contribution is -2.49. The van der Waals surface area contributed by atoms with Crippen LogP contribution in [-0.2, 0) is 11.8 Å². The number of carbonyl (C=O) groups excluding carboxylic acids is 1. The summed E-state index contributed by atoms with van der Waals surface area (Å²) in [4.78, 5) is 18.8. The summed E-state index contributed by atoms with van der Waals surface area (Å²) in [5.74, 6) is 0.209. The minimum atomic E-state index is -0.460. The van der Waals surface area contributed by atoms with Crippen molar-refractivity contribution in [1.82, 2.24) is 19.8 Å². The molecule has 3 rings (SSSR count). The molecule has 0 bridgehead atoms. The first-order valence-corrected chi connectivity index (χ1v) is 8.51. The van der Waals surface area contributed by atoms with Crippen LogP contribution in [0.3, 0.4) is 0 Å². The fourth-order valence-corrected chi connectivity index (χ4v) is 3.19. The van der Waals surface area contributed by atoms with Crippen molar-refractivity contribution in [1.29, 1.82) is 0 Å². The van der Waals surface area contributed by atoms with E-state index in [0.717, 1.165) is 25.5 Å². The van der Waals surface area contributed by atoms with E-state index in [0.29, 0.717) is 4.47 Å². The fraction of sp³-hybridized carbons (Fsp3) is 0.375. The third-order valence-electron chi connectivity index (χ3n) is 4.06. The van der Waals surface area contributed by atoms with Crippen LogP contribution in [0.25, 0.3) is 0 Å². The molecule has 2 aromatic rings. The molecule has 1 saturated heterocycles. The molecule has 1 unspecified atom stereocenters. The van der Waals surface area contributed by atoms with Gasteiger partial charge in [0.1, 0.15) is 11.6 Å². The molecule has 1 aliphatic heterocycles. The van der Waals surface area contributed by atoms with E-state index in [4.69, 9.17) is 0 Å². The van der Waals surface area contributed by atoms with Gasteiger partial charge >= 0.3 is 0 Å². The van der Waals surface area contributed by atoms with Gasteiger partial charge in [-0.1, -0.05) is 15.9 Å². The maximum Gasteiger partial charge on any atom is 0.238 e. The Balaban J connectivity index is 0.00000225. The average Bonchev–Trinajstić information content (AvgIpc) is 2.97. The monoisotopic (exact) mass is 431 g/mol. The predicted molar refractivity (Wildman–Crippen MR) is 100 cm³/mol. The Kier molecular flexibility index (Phi) is 6.95. The van der Waals surface area contributed by atoms with Gasteiger partial charge in [0.05, 0.1) is 18.3 Å². The molecular formula is C16H20BrClFN5O. The van der Waals surface area contributed by atoms with Gasteiger partial charge in [0.15, 0.2) is 0 Å². The molecule has 1 fully saturated rings. The van der Waals surface area contributed by atoms with Gasteiger partial charge in [-0.3, -0.25) is 9.69 Å². The summed E-state index contributed by atoms with van der Waals surface area (Å²) < 4.78 is 16.5. The van der Waals surface area contributed by atoms with E-state index in [1.807, 2.05) is 17.8 Å². The second-order valence-electron chi connectivity index (χ2n) is 5.76. The number of benzene rings is 1. The van der Waals surface area contributed by atoms with Crippen LogP contribution in [0.15, 0.2) is 35.1 Å². The van der Waals surface area contributed by atoms with E-state index in [-0.39, 0.29) is 36.6 Å². The van der Waals surface area contributed by atoms with E-state index in [2.05, 4.69) is 36.4 Å². The lowest BCUT2D eigenvalue weighted by atomic mass is 10.1. The largest absolute Gasteiger partial charge is 0.337 e. The lowest BCUT2D eigenvalue weighted by molar-refractivity contribution is -0.118. The smallest absolute Gasteiger partial charge is 0.238 e. The zero-order valence-corrected chi connectivity index (χ0v) is 16.1. The number of rotatable bonds is 4. The van der Waals surface area contributed by atoms with Crippen LogP contribution in [0.2, 0.25) is 0 Å². The number of carbonyl (C=O) groups is 1. The summed E-state index contributed by atoms with van der Waals surface area (Å²) in [7, 11) is 1.94. The van der Waals surface area contributed by atoms with Gasteiger partial charge in [0.25, 0.3) is 0 Å². The number of aryl methyl sites for hydroxylation is 1. The summed E-state index contributed by atoms with van der Waals surface area (Å²) in [6.07, 6.45) is 3.64. The standard InChI is InChI=1S/C16H19BrFN5O.ClH/c1-22-6-5-20-16(22)14-9-19-4-7-23(14)10-15(24)21-13-3-2-11(17)8-12(13)18;/h2-3,5-6,8,14,19H,4,7,9-10H2,1H3,(H,21,24);1H. The van der Waals surface area contributed by atoms with Crippen LogP contribution in [-0.4, -0.2) is 46.5 Å². The third-order valence-corrected chi connectivity index (χ3v) is 4.56. The first-order chi connectivity index (χ1) is 11.5. The van der Waals surface area contributed by atoms with E-state index >= 15 is 0 Å². The number of anilines is 1. The summed E-state index contributed by atoms with van der Waals surface area (Å²) >= 11 is 3.20. The first-order valence-electron chi connectivity index (χ1n) is 7.71. The van der Waals surface area contributed by atoms with Crippen LogP contribution < -0.4 is 10.6 Å². The van der Waals surface area contributed by atoms with Crippen LogP contribution in [0.4, 0.5) is 10.1 Å². The number of nitrogens with one attached hydrogen (secondary N) is 2. The highest BCUT2D eigenvalue weighted by Crippen LogP contribution is 2.22. The highest BCUT2D eigenvalue weighted by molar-refractivity contribution is 9.10. The fourth-order valence-electron chi connectivity index (χ4n) is 2.85. The van der Waals surface area contributed by atoms with Gasteiger partial charge in [-0.05, 0) is 18.2 Å². The van der Waals surface area contributed by atoms with Gasteiger partial charge in [-0.25, -0.2) is 9.37 Å². The molecule has 2 heterocycles. The molecular weight excluding hydrogens is 413 g/mol. The Morgan fingerprint density at radius 1 is 1.52 bits per heavy atom. The number of halogens is 3. The van der Waals surface area contributed by atoms with Crippen molar-refractivity contribution in [3.05, 3.63) is 46.7 Å². The zero-order valence-electron chi connectivity index (χ0n) is 13.7. The minimum absolute atomic E-state index is 0. The van der Waals surface area contributed by atoms with Crippen LogP contribution >= 0.6 is 28.3 Å². The summed E-state index contributed by atoms with van der Waals surface area (Å²) in [5, 5.41) is 5.97. The maximum atomic E-state index is 13.9. The summed E-state index contributed by atoms with van der Waals surface area (Å²) in [5.41, 5.74) is 0.187. The van der Waals surface area contributed by atoms with Crippen LogP contribution in [0.1, 0.15) is 11.9 Å². The molecule has 6 nitrogen and oxygen atoms in total. The molecule has 2 N–H and O–H groups in total. The predicted octanol–water partition coefficient (Wildman–Crippen LogP) is 2.33. The Labute approximate surface area is 160 Å². The van der Waals surface area contributed by atoms with Gasteiger partial charge in [0, 0.05) is 43.5 Å². The molecule has 1 amide bonds. The van der Waals surface area contributed by atoms with E-state index in [9.17, 15) is 9.18 Å². The number of amides is 1. The summed E-state index contributed by atoms with van der Waals surface area (Å²) in [6, 6.07) is 4.59. The van der Waals surface area contributed by atoms with Crippen molar-refractivity contribution < 1.29 is 9.18 Å². The quantitative estimate of drug-likeness (QED) is 0.778. The Bertz CT molecular complexity index is 741. The van der Waals surface area contributed by atoms with Gasteiger partial charge in [-0.2, -0.15) is 0 Å². The molecule has 1 aromatic carbocycles. The normalized spacial score (nSPS) is 17.8. The lowest BCUT2D eigenvalue weighted by Gasteiger charge is -2.35. The molecule has 1 aromatic heterocycles. The molecule has 1 atom stereocenters. The molecule has 1 aliphatic rings. The second kappa shape index (κ2) is 8.75. The van der Waals surface area contributed by atoms with Crippen molar-refractivity contribution >= 4 is 39.9 Å². The van der Waals surface area contributed by atoms with Crippen LogP contribution in [0, 0.1) is 5.82 Å². The molecule has 0 radical (unpaired) electrons. The second-order valence-corrected chi connectivity index (χ2v) is 6.67. The highest BCUT2D eigenvalue weighted by Gasteiger charge is 2.28. The Hall–Kier alpha value is -1.48. The van der Waals surface area contributed by atoms with Gasteiger partial charge < -0.3 is 15.2 Å². The molecule has 0 aliphatic carbocycles. The Morgan fingerprint density at radius 3 is 3.00 bits per heavy atom. The van der Waals surface area contributed by atoms with Crippen molar-refractivity contribution in [2.24, 2.45) is 7.05 Å². The molecule has 0 spiro atoms. The van der Waals surface area contributed by atoms with E-state index in [1.54, 1.807) is 18.3 Å². The van der Waals surface area contributed by atoms with Crippen molar-refractivity contribution in [3.8, 4) is 0 Å². The number of hydrogen-bond acceptors (Lipinski definition) is 4. The maximum absolute atomic E-state index is 13.9. The number of imidazole rings is 1. The number of hydrogen-bond donors (Lipinski definition) is 2. The average molecular weight is 433 g/mol. The zero-order chi connectivity index (χ0) is 17.1. The van der Waals surface area contributed by atoms with Crippen molar-refractivity contribution in [2.75, 3.05) is 31.5 Å². The van der Waals surface area contributed by atoms with Gasteiger partial charge in [0.2, 0.25) is 5.91 Å². The third kappa shape index (κ3) is 4.78. The molecule has 136 valence electrons. The first kappa shape index (κ1) is 19.8. The van der Waals surface area contributed by atoms with Crippen molar-refractivity contribution in [3.63, 3.8) is 0 Å². The molecule has 9 heteroatoms. The minimum Gasteiger partial charge on any atom is -0.337 e. The number of aromatic nitrogens is 2. The number of piperazine rings is 1. The molecule has 25 heavy (non-hydrogen) atoms. The molecule has 0 saturated carbocycles. The Morgan fingerprint density at radius 2 is 2.32 bits per heavy atom. The van der Waals surface area contributed by atoms with E-state index < -0.39 is 5.82 Å². The highest BCUT2D eigenvalue weighted by atomic mass is 79.9. The van der Waals surface area contributed by atoms with Gasteiger partial charge in [-0.15, -0.1) is 12.4 Å². The van der Waals surface area contributed by atoms with Crippen molar-refractivity contribution in [2.45, 2.75) is 6.04 Å².